The normalized spacial score (nSPS) is 11.9. The fourth-order valence-corrected chi connectivity index (χ4v) is 1.42. The van der Waals surface area contributed by atoms with Crippen LogP contribution in [0.2, 0.25) is 0 Å². The van der Waals surface area contributed by atoms with Crippen LogP contribution in [0.4, 0.5) is 18.9 Å². The fourth-order valence-electron chi connectivity index (χ4n) is 1.14. The van der Waals surface area contributed by atoms with Crippen molar-refractivity contribution >= 4 is 18.3 Å². The Hall–Kier alpha value is -0.840. The Morgan fingerprint density at radius 1 is 1.27 bits per heavy atom. The van der Waals surface area contributed by atoms with Gasteiger partial charge in [-0.1, -0.05) is 0 Å². The Balaban J connectivity index is 2.98. The molecular formula is C10H12F3NS. The van der Waals surface area contributed by atoms with Crippen LogP contribution in [0.15, 0.2) is 23.1 Å². The molecule has 1 N–H and O–H groups in total. The molecule has 0 saturated carbocycles. The van der Waals surface area contributed by atoms with Crippen molar-refractivity contribution in [2.24, 2.45) is 0 Å². The molecule has 0 aromatic heterocycles. The highest BCUT2D eigenvalue weighted by molar-refractivity contribution is 7.80. The fraction of sp³-hybridized carbons (Fsp3) is 0.400. The summed E-state index contributed by atoms with van der Waals surface area (Å²) in [6.45, 7) is 3.82. The monoisotopic (exact) mass is 235 g/mol. The molecular weight excluding hydrogens is 223 g/mol. The minimum absolute atomic E-state index is 0.160. The van der Waals surface area contributed by atoms with Crippen molar-refractivity contribution in [3.8, 4) is 0 Å². The molecule has 0 unspecified atom stereocenters. The van der Waals surface area contributed by atoms with Gasteiger partial charge in [0.25, 0.3) is 0 Å². The largest absolute Gasteiger partial charge is 0.416 e. The molecule has 0 atom stereocenters. The summed E-state index contributed by atoms with van der Waals surface area (Å²) in [5, 5.41) is 3.01. The second-order valence-corrected chi connectivity index (χ2v) is 4.01. The molecule has 0 spiro atoms. The molecule has 1 nitrogen and oxygen atoms in total. The quantitative estimate of drug-likeness (QED) is 0.743. The summed E-state index contributed by atoms with van der Waals surface area (Å²) in [6, 6.07) is 3.62. The van der Waals surface area contributed by atoms with Gasteiger partial charge in [-0.2, -0.15) is 13.2 Å². The number of hydrogen-bond donors (Lipinski definition) is 2. The van der Waals surface area contributed by atoms with Gasteiger partial charge in [0.1, 0.15) is 0 Å². The summed E-state index contributed by atoms with van der Waals surface area (Å²) in [5.74, 6) is 0. The van der Waals surface area contributed by atoms with E-state index >= 15 is 0 Å². The molecule has 0 heterocycles. The van der Waals surface area contributed by atoms with E-state index in [4.69, 9.17) is 0 Å². The van der Waals surface area contributed by atoms with Crippen LogP contribution in [0.1, 0.15) is 19.4 Å². The van der Waals surface area contributed by atoms with Crippen LogP contribution in [0.25, 0.3) is 0 Å². The summed E-state index contributed by atoms with van der Waals surface area (Å²) >= 11 is 4.01. The zero-order chi connectivity index (χ0) is 11.6. The van der Waals surface area contributed by atoms with E-state index in [-0.39, 0.29) is 6.04 Å². The number of anilines is 1. The molecule has 0 aliphatic heterocycles. The van der Waals surface area contributed by atoms with Gasteiger partial charge in [0.05, 0.1) is 5.56 Å². The Morgan fingerprint density at radius 3 is 2.27 bits per heavy atom. The van der Waals surface area contributed by atoms with Gasteiger partial charge < -0.3 is 5.32 Å². The smallest absolute Gasteiger partial charge is 0.382 e. The van der Waals surface area contributed by atoms with Gasteiger partial charge in [0, 0.05) is 16.6 Å². The van der Waals surface area contributed by atoms with Crippen LogP contribution >= 0.6 is 12.6 Å². The molecule has 0 radical (unpaired) electrons. The van der Waals surface area contributed by atoms with Gasteiger partial charge in [-0.3, -0.25) is 0 Å². The van der Waals surface area contributed by atoms with Crippen molar-refractivity contribution in [3.63, 3.8) is 0 Å². The number of alkyl halides is 3. The van der Waals surface area contributed by atoms with E-state index in [1.165, 1.54) is 6.07 Å². The molecule has 1 aromatic carbocycles. The SMILES string of the molecule is CC(C)Nc1ccc(C(F)(F)F)cc1S. The van der Waals surface area contributed by atoms with E-state index < -0.39 is 11.7 Å². The third-order valence-electron chi connectivity index (χ3n) is 1.77. The van der Waals surface area contributed by atoms with Crippen molar-refractivity contribution in [3.05, 3.63) is 23.8 Å². The number of halogens is 3. The van der Waals surface area contributed by atoms with E-state index in [1.807, 2.05) is 13.8 Å². The molecule has 0 bridgehead atoms. The average Bonchev–Trinajstić information content (AvgIpc) is 2.05. The Kier molecular flexibility index (Phi) is 3.54. The van der Waals surface area contributed by atoms with Crippen LogP contribution in [-0.4, -0.2) is 6.04 Å². The first-order valence-corrected chi connectivity index (χ1v) is 4.92. The third-order valence-corrected chi connectivity index (χ3v) is 2.14. The van der Waals surface area contributed by atoms with Gasteiger partial charge in [0.15, 0.2) is 0 Å². The van der Waals surface area contributed by atoms with Crippen LogP contribution in [0.3, 0.4) is 0 Å². The standard InChI is InChI=1S/C10H12F3NS/c1-6(2)14-8-4-3-7(5-9(8)15)10(11,12)13/h3-6,14-15H,1-2H3. The first kappa shape index (κ1) is 12.2. The lowest BCUT2D eigenvalue weighted by Gasteiger charge is -2.14. The van der Waals surface area contributed by atoms with Crippen molar-refractivity contribution in [2.75, 3.05) is 5.32 Å². The molecule has 1 aromatic rings. The highest BCUT2D eigenvalue weighted by atomic mass is 32.1. The predicted octanol–water partition coefficient (Wildman–Crippen LogP) is 3.81. The highest BCUT2D eigenvalue weighted by Gasteiger charge is 2.30. The van der Waals surface area contributed by atoms with E-state index in [0.717, 1.165) is 12.1 Å². The number of nitrogens with one attached hydrogen (secondary N) is 1. The number of rotatable bonds is 2. The first-order chi connectivity index (χ1) is 6.80. The summed E-state index contributed by atoms with van der Waals surface area (Å²) in [4.78, 5) is 0.304. The van der Waals surface area contributed by atoms with Crippen LogP contribution in [-0.2, 0) is 6.18 Å². The lowest BCUT2D eigenvalue weighted by Crippen LogP contribution is -2.11. The van der Waals surface area contributed by atoms with Crippen molar-refractivity contribution < 1.29 is 13.2 Å². The summed E-state index contributed by atoms with van der Waals surface area (Å²) in [5.41, 5.74) is -0.0665. The lowest BCUT2D eigenvalue weighted by molar-refractivity contribution is -0.137. The topological polar surface area (TPSA) is 12.0 Å². The summed E-state index contributed by atoms with van der Waals surface area (Å²) in [6.07, 6.45) is -4.31. The molecule has 0 saturated heterocycles. The molecule has 0 aliphatic carbocycles. The lowest BCUT2D eigenvalue weighted by atomic mass is 10.2. The van der Waals surface area contributed by atoms with E-state index in [9.17, 15) is 13.2 Å². The van der Waals surface area contributed by atoms with Crippen LogP contribution < -0.4 is 5.32 Å². The molecule has 0 amide bonds. The van der Waals surface area contributed by atoms with E-state index in [0.29, 0.717) is 10.6 Å². The maximum Gasteiger partial charge on any atom is 0.416 e. The number of benzene rings is 1. The maximum absolute atomic E-state index is 12.3. The zero-order valence-electron chi connectivity index (χ0n) is 8.39. The van der Waals surface area contributed by atoms with Crippen LogP contribution in [0.5, 0.6) is 0 Å². The van der Waals surface area contributed by atoms with Crippen molar-refractivity contribution in [2.45, 2.75) is 31.0 Å². The summed E-state index contributed by atoms with van der Waals surface area (Å²) < 4.78 is 36.9. The molecule has 0 aliphatic rings. The first-order valence-electron chi connectivity index (χ1n) is 4.47. The van der Waals surface area contributed by atoms with Crippen LogP contribution in [0, 0.1) is 0 Å². The average molecular weight is 235 g/mol. The predicted molar refractivity (Wildman–Crippen MR) is 57.5 cm³/mol. The minimum Gasteiger partial charge on any atom is -0.382 e. The molecule has 15 heavy (non-hydrogen) atoms. The van der Waals surface area contributed by atoms with Gasteiger partial charge in [-0.05, 0) is 32.0 Å². The third kappa shape index (κ3) is 3.34. The summed E-state index contributed by atoms with van der Waals surface area (Å²) in [7, 11) is 0. The van der Waals surface area contributed by atoms with E-state index in [2.05, 4.69) is 17.9 Å². The second-order valence-electron chi connectivity index (χ2n) is 3.53. The maximum atomic E-state index is 12.3. The van der Waals surface area contributed by atoms with Gasteiger partial charge in [-0.15, -0.1) is 12.6 Å². The number of thiol groups is 1. The van der Waals surface area contributed by atoms with Crippen molar-refractivity contribution in [1.82, 2.24) is 0 Å². The molecule has 1 rings (SSSR count). The molecule has 84 valence electrons. The van der Waals surface area contributed by atoms with Gasteiger partial charge in [0.2, 0.25) is 0 Å². The van der Waals surface area contributed by atoms with E-state index in [1.54, 1.807) is 0 Å². The Bertz CT molecular complexity index is 347. The Labute approximate surface area is 92.1 Å². The number of hydrogen-bond acceptors (Lipinski definition) is 2. The Morgan fingerprint density at radius 2 is 1.87 bits per heavy atom. The zero-order valence-corrected chi connectivity index (χ0v) is 9.28. The highest BCUT2D eigenvalue weighted by Crippen LogP contribution is 2.33. The van der Waals surface area contributed by atoms with Crippen molar-refractivity contribution in [1.29, 1.82) is 0 Å². The van der Waals surface area contributed by atoms with Gasteiger partial charge in [-0.25, -0.2) is 0 Å². The second kappa shape index (κ2) is 4.35. The molecule has 0 fully saturated rings. The van der Waals surface area contributed by atoms with Gasteiger partial charge >= 0.3 is 6.18 Å². The molecule has 5 heteroatoms. The minimum atomic E-state index is -4.31.